The highest BCUT2D eigenvalue weighted by molar-refractivity contribution is 5.67. The van der Waals surface area contributed by atoms with Crippen LogP contribution >= 0.6 is 0 Å². The maximum absolute atomic E-state index is 5.35. The van der Waals surface area contributed by atoms with Gasteiger partial charge in [-0.1, -0.05) is 23.8 Å². The number of allylic oxidation sites excluding steroid dienone is 1. The quantitative estimate of drug-likeness (QED) is 0.836. The van der Waals surface area contributed by atoms with Gasteiger partial charge in [0.15, 0.2) is 0 Å². The molecule has 0 bridgehead atoms. The molecule has 0 heterocycles. The molecule has 1 atom stereocenters. The second-order valence-electron chi connectivity index (χ2n) is 6.12. The second-order valence-corrected chi connectivity index (χ2v) is 6.12. The summed E-state index contributed by atoms with van der Waals surface area (Å²) in [7, 11) is 3.46. The van der Waals surface area contributed by atoms with Crippen LogP contribution in [0, 0.1) is 0 Å². The molecule has 2 aromatic carbocycles. The molecule has 0 radical (unpaired) electrons. The number of benzene rings is 2. The van der Waals surface area contributed by atoms with E-state index in [2.05, 4.69) is 36.4 Å². The predicted octanol–water partition coefficient (Wildman–Crippen LogP) is 4.37. The van der Waals surface area contributed by atoms with Crippen molar-refractivity contribution in [2.24, 2.45) is 0 Å². The van der Waals surface area contributed by atoms with Crippen molar-refractivity contribution in [3.8, 4) is 11.5 Å². The Morgan fingerprint density at radius 2 is 1.64 bits per heavy atom. The maximum atomic E-state index is 5.35. The first-order chi connectivity index (χ1) is 10.8. The third-order valence-corrected chi connectivity index (χ3v) is 4.96. The van der Waals surface area contributed by atoms with Gasteiger partial charge in [-0.3, -0.25) is 0 Å². The fourth-order valence-electron chi connectivity index (χ4n) is 3.80. The van der Waals surface area contributed by atoms with Gasteiger partial charge in [0.1, 0.15) is 11.5 Å². The summed E-state index contributed by atoms with van der Waals surface area (Å²) in [6.45, 7) is 0. The highest BCUT2D eigenvalue weighted by Crippen LogP contribution is 2.44. The largest absolute Gasteiger partial charge is 0.497 e. The minimum Gasteiger partial charge on any atom is -0.497 e. The molecule has 112 valence electrons. The molecule has 2 aliphatic rings. The first-order valence-corrected chi connectivity index (χ1v) is 7.82. The van der Waals surface area contributed by atoms with Crippen LogP contribution in [0.25, 0.3) is 6.08 Å². The average molecular weight is 292 g/mol. The third kappa shape index (κ3) is 2.10. The lowest BCUT2D eigenvalue weighted by atomic mass is 9.91. The third-order valence-electron chi connectivity index (χ3n) is 4.96. The number of hydrogen-bond acceptors (Lipinski definition) is 2. The molecule has 1 unspecified atom stereocenters. The zero-order chi connectivity index (χ0) is 15.1. The number of hydrogen-bond donors (Lipinski definition) is 0. The van der Waals surface area contributed by atoms with E-state index in [0.29, 0.717) is 5.92 Å². The summed E-state index contributed by atoms with van der Waals surface area (Å²) in [5.74, 6) is 2.47. The van der Waals surface area contributed by atoms with E-state index in [9.17, 15) is 0 Å². The smallest absolute Gasteiger partial charge is 0.119 e. The molecular weight excluding hydrogens is 272 g/mol. The van der Waals surface area contributed by atoms with Crippen LogP contribution in [0.3, 0.4) is 0 Å². The summed E-state index contributed by atoms with van der Waals surface area (Å²) >= 11 is 0. The van der Waals surface area contributed by atoms with Gasteiger partial charge < -0.3 is 9.47 Å². The average Bonchev–Trinajstić information content (AvgIpc) is 3.16. The number of ether oxygens (including phenoxy) is 2. The van der Waals surface area contributed by atoms with Gasteiger partial charge in [-0.05, 0) is 65.8 Å². The molecule has 22 heavy (non-hydrogen) atoms. The van der Waals surface area contributed by atoms with E-state index in [1.807, 2.05) is 6.07 Å². The summed E-state index contributed by atoms with van der Waals surface area (Å²) in [5.41, 5.74) is 7.19. The van der Waals surface area contributed by atoms with Crippen molar-refractivity contribution in [2.45, 2.75) is 25.2 Å². The highest BCUT2D eigenvalue weighted by atomic mass is 16.5. The molecule has 0 spiro atoms. The fourth-order valence-corrected chi connectivity index (χ4v) is 3.80. The summed E-state index contributed by atoms with van der Waals surface area (Å²) in [6.07, 6.45) is 5.77. The molecule has 2 aliphatic carbocycles. The van der Waals surface area contributed by atoms with Crippen molar-refractivity contribution in [1.82, 2.24) is 0 Å². The molecule has 2 heteroatoms. The van der Waals surface area contributed by atoms with E-state index in [-0.39, 0.29) is 0 Å². The van der Waals surface area contributed by atoms with Gasteiger partial charge in [-0.15, -0.1) is 0 Å². The van der Waals surface area contributed by atoms with Gasteiger partial charge in [0.25, 0.3) is 0 Å². The summed E-state index contributed by atoms with van der Waals surface area (Å²) < 4.78 is 10.7. The van der Waals surface area contributed by atoms with Crippen molar-refractivity contribution in [1.29, 1.82) is 0 Å². The lowest BCUT2D eigenvalue weighted by molar-refractivity contribution is 0.414. The molecule has 0 saturated carbocycles. The Balaban J connectivity index is 1.64. The minimum absolute atomic E-state index is 0.555. The molecule has 0 aromatic heterocycles. The van der Waals surface area contributed by atoms with E-state index >= 15 is 0 Å². The number of rotatable bonds is 3. The Kier molecular flexibility index (Phi) is 3.18. The molecule has 0 N–H and O–H groups in total. The van der Waals surface area contributed by atoms with Crippen LogP contribution in [0.1, 0.15) is 34.6 Å². The van der Waals surface area contributed by atoms with Crippen LogP contribution < -0.4 is 9.47 Å². The molecule has 2 nitrogen and oxygen atoms in total. The van der Waals surface area contributed by atoms with Crippen molar-refractivity contribution in [3.05, 3.63) is 64.2 Å². The van der Waals surface area contributed by atoms with E-state index in [0.717, 1.165) is 24.3 Å². The van der Waals surface area contributed by atoms with Gasteiger partial charge in [0, 0.05) is 5.92 Å². The molecule has 0 saturated heterocycles. The predicted molar refractivity (Wildman–Crippen MR) is 88.7 cm³/mol. The van der Waals surface area contributed by atoms with E-state index < -0.39 is 0 Å². The standard InChI is InChI=1S/C20H20O2/c1-21-17-5-3-13-9-16(10-15(13)12-17)20-7-4-14-11-18(22-2)6-8-19(14)20/h3,5-6,8-9,11-12,20H,4,7,10H2,1-2H3. The molecule has 0 amide bonds. The van der Waals surface area contributed by atoms with Gasteiger partial charge >= 0.3 is 0 Å². The fraction of sp³-hybridized carbons (Fsp3) is 0.300. The molecule has 0 fully saturated rings. The van der Waals surface area contributed by atoms with Crippen LogP contribution in [-0.2, 0) is 12.8 Å². The Morgan fingerprint density at radius 1 is 0.909 bits per heavy atom. The Hall–Kier alpha value is -2.22. The second kappa shape index (κ2) is 5.20. The van der Waals surface area contributed by atoms with Crippen LogP contribution in [0.2, 0.25) is 0 Å². The van der Waals surface area contributed by atoms with Crippen LogP contribution in [0.4, 0.5) is 0 Å². The first kappa shape index (κ1) is 13.4. The van der Waals surface area contributed by atoms with Gasteiger partial charge in [-0.2, -0.15) is 0 Å². The Bertz CT molecular complexity index is 758. The maximum Gasteiger partial charge on any atom is 0.119 e. The van der Waals surface area contributed by atoms with Crippen LogP contribution in [-0.4, -0.2) is 14.2 Å². The van der Waals surface area contributed by atoms with Crippen molar-refractivity contribution >= 4 is 6.08 Å². The monoisotopic (exact) mass is 292 g/mol. The van der Waals surface area contributed by atoms with Crippen LogP contribution in [0.5, 0.6) is 11.5 Å². The highest BCUT2D eigenvalue weighted by Gasteiger charge is 2.28. The van der Waals surface area contributed by atoms with Gasteiger partial charge in [-0.25, -0.2) is 0 Å². The summed E-state index contributed by atoms with van der Waals surface area (Å²) in [5, 5.41) is 0. The topological polar surface area (TPSA) is 18.5 Å². The van der Waals surface area contributed by atoms with Gasteiger partial charge in [0.2, 0.25) is 0 Å². The van der Waals surface area contributed by atoms with Crippen LogP contribution in [0.15, 0.2) is 42.0 Å². The SMILES string of the molecule is COc1ccc2c(c1)CC(C1CCc3cc(OC)ccc31)=C2. The molecule has 2 aromatic rings. The van der Waals surface area contributed by atoms with E-state index in [1.165, 1.54) is 34.2 Å². The zero-order valence-electron chi connectivity index (χ0n) is 13.1. The zero-order valence-corrected chi connectivity index (χ0v) is 13.1. The molecule has 0 aliphatic heterocycles. The first-order valence-electron chi connectivity index (χ1n) is 7.82. The summed E-state index contributed by atoms with van der Waals surface area (Å²) in [6, 6.07) is 12.9. The Morgan fingerprint density at radius 3 is 2.41 bits per heavy atom. The van der Waals surface area contributed by atoms with E-state index in [1.54, 1.807) is 14.2 Å². The minimum atomic E-state index is 0.555. The van der Waals surface area contributed by atoms with Crippen molar-refractivity contribution in [2.75, 3.05) is 14.2 Å². The van der Waals surface area contributed by atoms with Crippen molar-refractivity contribution < 1.29 is 9.47 Å². The van der Waals surface area contributed by atoms with Gasteiger partial charge in [0.05, 0.1) is 14.2 Å². The number of aryl methyl sites for hydroxylation is 1. The van der Waals surface area contributed by atoms with E-state index in [4.69, 9.17) is 9.47 Å². The lowest BCUT2D eigenvalue weighted by Crippen LogP contribution is -1.98. The number of methoxy groups -OCH3 is 2. The lowest BCUT2D eigenvalue weighted by Gasteiger charge is -2.13. The number of fused-ring (bicyclic) bond motifs is 2. The Labute approximate surface area is 131 Å². The molecule has 4 rings (SSSR count). The summed E-state index contributed by atoms with van der Waals surface area (Å²) in [4.78, 5) is 0. The normalized spacial score (nSPS) is 18.6. The van der Waals surface area contributed by atoms with Crippen molar-refractivity contribution in [3.63, 3.8) is 0 Å². The molecular formula is C20H20O2.